The maximum atomic E-state index is 11.2. The number of nitrogens with one attached hydrogen (secondary N) is 1. The molecule has 1 N–H and O–H groups in total. The minimum Gasteiger partial charge on any atom is -0.320 e. The number of carbonyl (C=O) groups is 1. The topological polar surface area (TPSA) is 125 Å². The number of carbonyl (C=O) groups excluding carboxylic acids is 1. The van der Waals surface area contributed by atoms with E-state index in [9.17, 15) is 21.6 Å². The van der Waals surface area contributed by atoms with Crippen LogP contribution in [0.25, 0.3) is 0 Å². The van der Waals surface area contributed by atoms with Crippen molar-refractivity contribution in [2.24, 2.45) is 0 Å². The van der Waals surface area contributed by atoms with E-state index in [2.05, 4.69) is 17.3 Å². The Morgan fingerprint density at radius 1 is 1.00 bits per heavy atom. The van der Waals surface area contributed by atoms with Gasteiger partial charge in [0.15, 0.2) is 0 Å². The van der Waals surface area contributed by atoms with Gasteiger partial charge in [0.05, 0.1) is 6.61 Å². The maximum absolute atomic E-state index is 11.2. The molecule has 1 amide bonds. The fourth-order valence-corrected chi connectivity index (χ4v) is 2.58. The molecule has 0 bridgehead atoms. The van der Waals surface area contributed by atoms with E-state index in [4.69, 9.17) is 0 Å². The van der Waals surface area contributed by atoms with Gasteiger partial charge in [-0.05, 0) is 12.8 Å². The lowest BCUT2D eigenvalue weighted by Gasteiger charge is -2.07. The Bertz CT molecular complexity index is 484. The predicted molar refractivity (Wildman–Crippen MR) is 69.2 cm³/mol. The zero-order valence-electron chi connectivity index (χ0n) is 11.3. The van der Waals surface area contributed by atoms with Crippen LogP contribution in [-0.2, 0) is 32.8 Å². The number of unbranched alkanes of at least 4 members (excludes halogenated alkanes) is 2. The van der Waals surface area contributed by atoms with Crippen LogP contribution in [0.5, 0.6) is 0 Å². The molecule has 0 rings (SSSR count). The van der Waals surface area contributed by atoms with Crippen LogP contribution in [0.15, 0.2) is 0 Å². The molecule has 9 nitrogen and oxygen atoms in total. The Morgan fingerprint density at radius 2 is 1.60 bits per heavy atom. The Kier molecular flexibility index (Phi) is 8.69. The zero-order chi connectivity index (χ0) is 15.6. The van der Waals surface area contributed by atoms with Gasteiger partial charge in [0.25, 0.3) is 0 Å². The Morgan fingerprint density at radius 3 is 2.15 bits per heavy atom. The number of amides is 1. The minimum atomic E-state index is -5.04. The van der Waals surface area contributed by atoms with Gasteiger partial charge in [-0.25, -0.2) is 8.98 Å². The van der Waals surface area contributed by atoms with Crippen LogP contribution in [0, 0.1) is 0 Å². The van der Waals surface area contributed by atoms with Gasteiger partial charge in [-0.15, -0.1) is 0 Å². The second kappa shape index (κ2) is 9.10. The molecule has 0 spiro atoms. The summed E-state index contributed by atoms with van der Waals surface area (Å²) in [5, 5.41) is 2.12. The molecule has 0 aromatic carbocycles. The van der Waals surface area contributed by atoms with Crippen LogP contribution in [0.4, 0.5) is 4.79 Å². The van der Waals surface area contributed by atoms with Crippen molar-refractivity contribution >= 4 is 26.9 Å². The van der Waals surface area contributed by atoms with Crippen LogP contribution < -0.4 is 5.32 Å². The van der Waals surface area contributed by atoms with E-state index >= 15 is 0 Å². The summed E-state index contributed by atoms with van der Waals surface area (Å²) in [6.45, 7) is 3.63. The third kappa shape index (κ3) is 9.95. The molecule has 0 aliphatic heterocycles. The molecule has 11 heteroatoms. The van der Waals surface area contributed by atoms with Gasteiger partial charge in [0.1, 0.15) is 0 Å². The van der Waals surface area contributed by atoms with E-state index in [0.717, 1.165) is 6.42 Å². The van der Waals surface area contributed by atoms with Crippen molar-refractivity contribution in [2.45, 2.75) is 39.5 Å². The smallest absolute Gasteiger partial charge is 0.320 e. The van der Waals surface area contributed by atoms with Gasteiger partial charge in [-0.3, -0.25) is 0 Å². The first-order valence-corrected chi connectivity index (χ1v) is 8.71. The fourth-order valence-electron chi connectivity index (χ4n) is 0.930. The summed E-state index contributed by atoms with van der Waals surface area (Å²) < 4.78 is 56.4. The van der Waals surface area contributed by atoms with Crippen molar-refractivity contribution in [3.8, 4) is 0 Å². The second-order valence-electron chi connectivity index (χ2n) is 3.71. The summed E-state index contributed by atoms with van der Waals surface area (Å²) >= 11 is 0. The first-order valence-electron chi connectivity index (χ1n) is 6.05. The monoisotopic (exact) mass is 333 g/mol. The van der Waals surface area contributed by atoms with Crippen LogP contribution in [0.1, 0.15) is 39.5 Å². The molecule has 0 atom stereocenters. The molecule has 0 heterocycles. The predicted octanol–water partition coefficient (Wildman–Crippen LogP) is 0.836. The number of hydrogen-bond donors (Lipinski definition) is 1. The molecule has 120 valence electrons. The van der Waals surface area contributed by atoms with Gasteiger partial charge >= 0.3 is 26.9 Å². The molecule has 0 aliphatic rings. The molecule has 0 saturated heterocycles. The van der Waals surface area contributed by atoms with Gasteiger partial charge in [-0.2, -0.15) is 16.8 Å². The summed E-state index contributed by atoms with van der Waals surface area (Å²) in [7, 11) is -9.81. The van der Waals surface area contributed by atoms with Gasteiger partial charge in [-0.1, -0.05) is 30.3 Å². The van der Waals surface area contributed by atoms with E-state index < -0.39 is 26.9 Å². The highest BCUT2D eigenvalue weighted by atomic mass is 32.3. The maximum Gasteiger partial charge on any atom is 0.469 e. The highest BCUT2D eigenvalue weighted by molar-refractivity contribution is 7.95. The molecule has 0 aromatic rings. The van der Waals surface area contributed by atoms with E-state index in [-0.39, 0.29) is 13.2 Å². The quantitative estimate of drug-likeness (QED) is 0.583. The molecular formula is C9H19NO8S2. The van der Waals surface area contributed by atoms with Crippen LogP contribution in [0.2, 0.25) is 0 Å². The van der Waals surface area contributed by atoms with Crippen LogP contribution in [0.3, 0.4) is 0 Å². The molecule has 0 aliphatic carbocycles. The van der Waals surface area contributed by atoms with Crippen LogP contribution in [-0.4, -0.2) is 36.1 Å². The molecular weight excluding hydrogens is 314 g/mol. The van der Waals surface area contributed by atoms with E-state index in [0.29, 0.717) is 19.3 Å². The molecule has 0 radical (unpaired) electrons. The standard InChI is InChI=1S/C9H19NO8S2/c1-3-5-7-10-9(11)17-20(14,15)18-19(12,13)16-8-6-4-2/h3-8H2,1-2H3,(H,10,11). The van der Waals surface area contributed by atoms with Crippen molar-refractivity contribution in [3.05, 3.63) is 0 Å². The molecule has 20 heavy (non-hydrogen) atoms. The highest BCUT2D eigenvalue weighted by Gasteiger charge is 2.27. The molecule has 0 unspecified atom stereocenters. The molecule has 0 fully saturated rings. The highest BCUT2D eigenvalue weighted by Crippen LogP contribution is 2.06. The van der Waals surface area contributed by atoms with Crippen molar-refractivity contribution in [3.63, 3.8) is 0 Å². The van der Waals surface area contributed by atoms with E-state index in [1.807, 2.05) is 6.92 Å². The third-order valence-electron chi connectivity index (χ3n) is 1.87. The Hall–Kier alpha value is -0.910. The van der Waals surface area contributed by atoms with Crippen molar-refractivity contribution in [1.29, 1.82) is 0 Å². The summed E-state index contributed by atoms with van der Waals surface area (Å²) in [4.78, 5) is 11.1. The number of rotatable bonds is 10. The average Bonchev–Trinajstić information content (AvgIpc) is 2.26. The lowest BCUT2D eigenvalue weighted by Crippen LogP contribution is -2.29. The van der Waals surface area contributed by atoms with Crippen molar-refractivity contribution in [2.75, 3.05) is 13.2 Å². The van der Waals surface area contributed by atoms with Gasteiger partial charge in [0, 0.05) is 6.54 Å². The summed E-state index contributed by atoms with van der Waals surface area (Å²) in [5.41, 5.74) is 0. The van der Waals surface area contributed by atoms with Crippen molar-refractivity contribution < 1.29 is 33.6 Å². The zero-order valence-corrected chi connectivity index (χ0v) is 13.0. The first kappa shape index (κ1) is 19.1. The second-order valence-corrected chi connectivity index (χ2v) is 6.29. The molecule has 0 aromatic heterocycles. The normalized spacial score (nSPS) is 12.1. The van der Waals surface area contributed by atoms with Crippen molar-refractivity contribution in [1.82, 2.24) is 5.32 Å². The van der Waals surface area contributed by atoms with Gasteiger partial charge in [0.2, 0.25) is 0 Å². The summed E-state index contributed by atoms with van der Waals surface area (Å²) in [6.07, 6.45) is 1.14. The lowest BCUT2D eigenvalue weighted by atomic mass is 10.3. The average molecular weight is 333 g/mol. The lowest BCUT2D eigenvalue weighted by molar-refractivity contribution is 0.194. The van der Waals surface area contributed by atoms with Gasteiger partial charge < -0.3 is 9.50 Å². The fraction of sp³-hybridized carbons (Fsp3) is 0.889. The van der Waals surface area contributed by atoms with Crippen LogP contribution >= 0.6 is 0 Å². The SMILES string of the molecule is CCCCNC(=O)OS(=O)(=O)OS(=O)(=O)OCCCC. The number of hydrogen-bond acceptors (Lipinski definition) is 8. The van der Waals surface area contributed by atoms with E-state index in [1.54, 1.807) is 6.92 Å². The summed E-state index contributed by atoms with van der Waals surface area (Å²) in [5.74, 6) is 0. The largest absolute Gasteiger partial charge is 0.469 e. The van der Waals surface area contributed by atoms with E-state index in [1.165, 1.54) is 0 Å². The minimum absolute atomic E-state index is 0.199. The first-order chi connectivity index (χ1) is 9.22. The molecule has 0 saturated carbocycles. The summed E-state index contributed by atoms with van der Waals surface area (Å²) in [6, 6.07) is 0. The Labute approximate surface area is 119 Å². The third-order valence-corrected chi connectivity index (χ3v) is 4.01. The Balaban J connectivity index is 4.33.